The maximum Gasteiger partial charge on any atom is 0.309 e. The standard InChI is InChI=1S/C16H14O4/c1-19-15(18)9-11-8-13(17)16-12-5-3-2-4-10(12)6-7-14(16)20-11/h2-7,11H,8-9H2,1H3. The topological polar surface area (TPSA) is 52.6 Å². The Morgan fingerprint density at radius 3 is 2.90 bits per heavy atom. The Morgan fingerprint density at radius 2 is 2.10 bits per heavy atom. The van der Waals surface area contributed by atoms with Crippen LogP contribution in [-0.2, 0) is 9.53 Å². The van der Waals surface area contributed by atoms with Gasteiger partial charge in [-0.25, -0.2) is 0 Å². The Hall–Kier alpha value is -2.36. The summed E-state index contributed by atoms with van der Waals surface area (Å²) < 4.78 is 10.4. The molecule has 0 spiro atoms. The molecule has 0 saturated carbocycles. The summed E-state index contributed by atoms with van der Waals surface area (Å²) in [5.41, 5.74) is 0.615. The lowest BCUT2D eigenvalue weighted by Crippen LogP contribution is -2.29. The normalized spacial score (nSPS) is 17.4. The van der Waals surface area contributed by atoms with Crippen molar-refractivity contribution in [3.05, 3.63) is 42.0 Å². The predicted octanol–water partition coefficient (Wildman–Crippen LogP) is 2.74. The molecule has 1 aliphatic rings. The van der Waals surface area contributed by atoms with E-state index in [1.807, 2.05) is 30.3 Å². The van der Waals surface area contributed by atoms with Gasteiger partial charge >= 0.3 is 5.97 Å². The Balaban J connectivity index is 1.99. The average molecular weight is 270 g/mol. The zero-order valence-electron chi connectivity index (χ0n) is 11.1. The molecule has 0 saturated heterocycles. The van der Waals surface area contributed by atoms with Gasteiger partial charge in [-0.2, -0.15) is 0 Å². The first kappa shape index (κ1) is 12.7. The van der Waals surface area contributed by atoms with Crippen LogP contribution in [-0.4, -0.2) is 25.0 Å². The van der Waals surface area contributed by atoms with Gasteiger partial charge in [0.05, 0.1) is 19.1 Å². The van der Waals surface area contributed by atoms with Crippen LogP contribution in [0.3, 0.4) is 0 Å². The zero-order valence-corrected chi connectivity index (χ0v) is 11.1. The second-order valence-corrected chi connectivity index (χ2v) is 4.81. The molecule has 1 atom stereocenters. The van der Waals surface area contributed by atoms with Crippen LogP contribution in [0, 0.1) is 0 Å². The van der Waals surface area contributed by atoms with Crippen molar-refractivity contribution in [2.24, 2.45) is 0 Å². The van der Waals surface area contributed by atoms with Crippen LogP contribution in [0.15, 0.2) is 36.4 Å². The molecule has 0 aromatic heterocycles. The highest BCUT2D eigenvalue weighted by molar-refractivity contribution is 6.11. The van der Waals surface area contributed by atoms with Crippen LogP contribution in [0.4, 0.5) is 0 Å². The molecule has 0 N–H and O–H groups in total. The van der Waals surface area contributed by atoms with Crippen LogP contribution in [0.5, 0.6) is 5.75 Å². The highest BCUT2D eigenvalue weighted by Gasteiger charge is 2.29. The predicted molar refractivity (Wildman–Crippen MR) is 73.9 cm³/mol. The molecular formula is C16H14O4. The molecule has 1 heterocycles. The van der Waals surface area contributed by atoms with Gasteiger partial charge in [0.1, 0.15) is 11.9 Å². The Bertz CT molecular complexity index is 690. The number of methoxy groups -OCH3 is 1. The Labute approximate surface area is 116 Å². The van der Waals surface area contributed by atoms with Gasteiger partial charge in [0.15, 0.2) is 5.78 Å². The number of benzene rings is 2. The van der Waals surface area contributed by atoms with Crippen LogP contribution in [0.1, 0.15) is 23.2 Å². The van der Waals surface area contributed by atoms with Crippen molar-refractivity contribution in [1.82, 2.24) is 0 Å². The van der Waals surface area contributed by atoms with E-state index in [2.05, 4.69) is 4.74 Å². The molecule has 0 amide bonds. The summed E-state index contributed by atoms with van der Waals surface area (Å²) in [5.74, 6) is 0.192. The maximum atomic E-state index is 12.3. The van der Waals surface area contributed by atoms with Gasteiger partial charge in [-0.05, 0) is 16.8 Å². The van der Waals surface area contributed by atoms with E-state index in [1.54, 1.807) is 6.07 Å². The molecule has 102 valence electrons. The second-order valence-electron chi connectivity index (χ2n) is 4.81. The van der Waals surface area contributed by atoms with E-state index in [1.165, 1.54) is 7.11 Å². The van der Waals surface area contributed by atoms with Gasteiger partial charge in [0, 0.05) is 6.42 Å². The fourth-order valence-corrected chi connectivity index (χ4v) is 2.55. The van der Waals surface area contributed by atoms with E-state index in [4.69, 9.17) is 4.74 Å². The fourth-order valence-electron chi connectivity index (χ4n) is 2.55. The summed E-state index contributed by atoms with van der Waals surface area (Å²) in [4.78, 5) is 23.6. The minimum Gasteiger partial charge on any atom is -0.489 e. The van der Waals surface area contributed by atoms with Crippen molar-refractivity contribution in [3.63, 3.8) is 0 Å². The lowest BCUT2D eigenvalue weighted by molar-refractivity contribution is -0.142. The van der Waals surface area contributed by atoms with Crippen molar-refractivity contribution < 1.29 is 19.1 Å². The fraction of sp³-hybridized carbons (Fsp3) is 0.250. The van der Waals surface area contributed by atoms with Gasteiger partial charge in [0.25, 0.3) is 0 Å². The molecule has 4 heteroatoms. The van der Waals surface area contributed by atoms with E-state index in [0.717, 1.165) is 10.8 Å². The molecule has 20 heavy (non-hydrogen) atoms. The Morgan fingerprint density at radius 1 is 1.30 bits per heavy atom. The number of hydrogen-bond acceptors (Lipinski definition) is 4. The maximum absolute atomic E-state index is 12.3. The lowest BCUT2D eigenvalue weighted by Gasteiger charge is -2.25. The first-order valence-corrected chi connectivity index (χ1v) is 6.47. The van der Waals surface area contributed by atoms with Gasteiger partial charge in [-0.1, -0.05) is 30.3 Å². The van der Waals surface area contributed by atoms with Crippen LogP contribution < -0.4 is 4.74 Å². The minimum absolute atomic E-state index is 0.0111. The molecule has 0 radical (unpaired) electrons. The molecule has 0 bridgehead atoms. The highest BCUT2D eigenvalue weighted by Crippen LogP contribution is 2.34. The molecule has 2 aromatic rings. The van der Waals surface area contributed by atoms with Crippen LogP contribution in [0.25, 0.3) is 10.8 Å². The molecule has 0 aliphatic carbocycles. The largest absolute Gasteiger partial charge is 0.489 e. The molecule has 1 aliphatic heterocycles. The number of Topliss-reactive ketones (excluding diaryl/α,β-unsaturated/α-hetero) is 1. The van der Waals surface area contributed by atoms with Crippen molar-refractivity contribution in [3.8, 4) is 5.75 Å². The molecule has 4 nitrogen and oxygen atoms in total. The number of ketones is 1. The highest BCUT2D eigenvalue weighted by atomic mass is 16.5. The van der Waals surface area contributed by atoms with Crippen LogP contribution in [0.2, 0.25) is 0 Å². The third kappa shape index (κ3) is 2.13. The van der Waals surface area contributed by atoms with E-state index in [0.29, 0.717) is 11.3 Å². The van der Waals surface area contributed by atoms with Crippen molar-refractivity contribution in [2.75, 3.05) is 7.11 Å². The number of carbonyl (C=O) groups is 2. The summed E-state index contributed by atoms with van der Waals surface area (Å²) >= 11 is 0. The minimum atomic E-state index is -0.441. The lowest BCUT2D eigenvalue weighted by atomic mass is 9.94. The summed E-state index contributed by atoms with van der Waals surface area (Å²) in [5, 5.41) is 1.90. The third-order valence-corrected chi connectivity index (χ3v) is 3.50. The van der Waals surface area contributed by atoms with Crippen molar-refractivity contribution >= 4 is 22.5 Å². The molecule has 0 fully saturated rings. The molecular weight excluding hydrogens is 256 g/mol. The monoisotopic (exact) mass is 270 g/mol. The SMILES string of the molecule is COC(=O)CC1CC(=O)c2c(ccc3ccccc23)O1. The quantitative estimate of drug-likeness (QED) is 0.787. The number of carbonyl (C=O) groups excluding carboxylic acids is 2. The molecule has 1 unspecified atom stereocenters. The Kier molecular flexibility index (Phi) is 3.14. The number of rotatable bonds is 2. The molecule has 2 aromatic carbocycles. The van der Waals surface area contributed by atoms with Crippen molar-refractivity contribution in [2.45, 2.75) is 18.9 Å². The first-order chi connectivity index (χ1) is 9.69. The second kappa shape index (κ2) is 4.96. The van der Waals surface area contributed by atoms with E-state index in [9.17, 15) is 9.59 Å². The third-order valence-electron chi connectivity index (χ3n) is 3.50. The van der Waals surface area contributed by atoms with Gasteiger partial charge in [-0.15, -0.1) is 0 Å². The first-order valence-electron chi connectivity index (χ1n) is 6.47. The van der Waals surface area contributed by atoms with Gasteiger partial charge in [-0.3, -0.25) is 9.59 Å². The van der Waals surface area contributed by atoms with Gasteiger partial charge in [0.2, 0.25) is 0 Å². The summed E-state index contributed by atoms with van der Waals surface area (Å²) in [6.45, 7) is 0. The van der Waals surface area contributed by atoms with Gasteiger partial charge < -0.3 is 9.47 Å². The number of ether oxygens (including phenoxy) is 2. The van der Waals surface area contributed by atoms with E-state index < -0.39 is 6.10 Å². The summed E-state index contributed by atoms with van der Waals surface area (Å²) in [6, 6.07) is 11.4. The number of fused-ring (bicyclic) bond motifs is 3. The number of esters is 1. The van der Waals surface area contributed by atoms with E-state index in [-0.39, 0.29) is 24.6 Å². The van der Waals surface area contributed by atoms with Crippen molar-refractivity contribution in [1.29, 1.82) is 0 Å². The van der Waals surface area contributed by atoms with E-state index >= 15 is 0 Å². The smallest absolute Gasteiger partial charge is 0.309 e. The molecule has 3 rings (SSSR count). The summed E-state index contributed by atoms with van der Waals surface area (Å²) in [6.07, 6.45) is -0.145. The summed E-state index contributed by atoms with van der Waals surface area (Å²) in [7, 11) is 1.33. The average Bonchev–Trinajstić information content (AvgIpc) is 2.46. The van der Waals surface area contributed by atoms with Crippen LogP contribution >= 0.6 is 0 Å². The number of hydrogen-bond donors (Lipinski definition) is 0. The zero-order chi connectivity index (χ0) is 14.1.